The standard InChI is InChI=1S/C15H24N2O3/c1-17(15(18)6-4-5-9-16)11-12-7-8-13(19-2)14(10-12)20-3/h7-8,10H,4-6,9,11,16H2,1-3H3. The number of amides is 1. The number of hydrogen-bond acceptors (Lipinski definition) is 4. The number of hydrogen-bond donors (Lipinski definition) is 1. The normalized spacial score (nSPS) is 10.2. The van der Waals surface area contributed by atoms with Gasteiger partial charge in [0.1, 0.15) is 0 Å². The second-order valence-electron chi connectivity index (χ2n) is 4.68. The molecule has 0 heterocycles. The number of ether oxygens (including phenoxy) is 2. The van der Waals surface area contributed by atoms with E-state index < -0.39 is 0 Å². The van der Waals surface area contributed by atoms with Gasteiger partial charge in [-0.25, -0.2) is 0 Å². The predicted octanol–water partition coefficient (Wildman–Crippen LogP) is 1.79. The molecular formula is C15H24N2O3. The molecule has 0 saturated carbocycles. The predicted molar refractivity (Wildman–Crippen MR) is 78.9 cm³/mol. The van der Waals surface area contributed by atoms with E-state index in [9.17, 15) is 4.79 Å². The first-order chi connectivity index (χ1) is 9.62. The summed E-state index contributed by atoms with van der Waals surface area (Å²) in [6.45, 7) is 1.19. The summed E-state index contributed by atoms with van der Waals surface area (Å²) in [6.07, 6.45) is 2.27. The zero-order valence-corrected chi connectivity index (χ0v) is 12.5. The van der Waals surface area contributed by atoms with Gasteiger partial charge >= 0.3 is 0 Å². The molecule has 1 rings (SSSR count). The van der Waals surface area contributed by atoms with Crippen LogP contribution in [0.15, 0.2) is 18.2 Å². The highest BCUT2D eigenvalue weighted by Gasteiger charge is 2.11. The van der Waals surface area contributed by atoms with E-state index in [-0.39, 0.29) is 5.91 Å². The Morgan fingerprint density at radius 1 is 1.20 bits per heavy atom. The zero-order valence-electron chi connectivity index (χ0n) is 12.5. The molecule has 0 fully saturated rings. The summed E-state index contributed by atoms with van der Waals surface area (Å²) in [5, 5.41) is 0. The Hall–Kier alpha value is -1.75. The molecule has 112 valence electrons. The molecule has 0 atom stereocenters. The molecule has 0 aliphatic carbocycles. The first-order valence-electron chi connectivity index (χ1n) is 6.77. The van der Waals surface area contributed by atoms with E-state index in [0.717, 1.165) is 18.4 Å². The summed E-state index contributed by atoms with van der Waals surface area (Å²) < 4.78 is 10.4. The number of benzene rings is 1. The van der Waals surface area contributed by atoms with E-state index in [1.165, 1.54) is 0 Å². The molecule has 0 aromatic heterocycles. The van der Waals surface area contributed by atoms with Crippen molar-refractivity contribution in [2.75, 3.05) is 27.8 Å². The maximum atomic E-state index is 11.9. The molecule has 5 heteroatoms. The summed E-state index contributed by atoms with van der Waals surface area (Å²) in [5.74, 6) is 1.50. The van der Waals surface area contributed by atoms with Gasteiger partial charge in [-0.3, -0.25) is 4.79 Å². The summed E-state index contributed by atoms with van der Waals surface area (Å²) in [4.78, 5) is 13.6. The van der Waals surface area contributed by atoms with Crippen molar-refractivity contribution in [1.82, 2.24) is 4.90 Å². The van der Waals surface area contributed by atoms with Crippen LogP contribution in [0.3, 0.4) is 0 Å². The van der Waals surface area contributed by atoms with Crippen molar-refractivity contribution in [2.45, 2.75) is 25.8 Å². The fraction of sp³-hybridized carbons (Fsp3) is 0.533. The van der Waals surface area contributed by atoms with Gasteiger partial charge in [-0.05, 0) is 37.1 Å². The lowest BCUT2D eigenvalue weighted by Gasteiger charge is -2.18. The average Bonchev–Trinajstić information content (AvgIpc) is 2.47. The van der Waals surface area contributed by atoms with E-state index in [4.69, 9.17) is 15.2 Å². The third-order valence-electron chi connectivity index (χ3n) is 3.14. The second kappa shape index (κ2) is 8.43. The van der Waals surface area contributed by atoms with Crippen molar-refractivity contribution in [2.24, 2.45) is 5.73 Å². The summed E-state index contributed by atoms with van der Waals surface area (Å²) >= 11 is 0. The van der Waals surface area contributed by atoms with E-state index >= 15 is 0 Å². The maximum Gasteiger partial charge on any atom is 0.222 e. The van der Waals surface area contributed by atoms with Crippen LogP contribution in [-0.4, -0.2) is 38.6 Å². The van der Waals surface area contributed by atoms with E-state index in [1.54, 1.807) is 19.1 Å². The summed E-state index contributed by atoms with van der Waals surface area (Å²) in [7, 11) is 5.01. The second-order valence-corrected chi connectivity index (χ2v) is 4.68. The lowest BCUT2D eigenvalue weighted by Crippen LogP contribution is -2.26. The first-order valence-corrected chi connectivity index (χ1v) is 6.77. The highest BCUT2D eigenvalue weighted by atomic mass is 16.5. The Labute approximate surface area is 120 Å². The fourth-order valence-electron chi connectivity index (χ4n) is 1.95. The SMILES string of the molecule is COc1ccc(CN(C)C(=O)CCCCN)cc1OC. The van der Waals surface area contributed by atoms with Crippen LogP contribution in [0, 0.1) is 0 Å². The van der Waals surface area contributed by atoms with Gasteiger partial charge in [0.25, 0.3) is 0 Å². The molecule has 1 aromatic rings. The Morgan fingerprint density at radius 2 is 1.90 bits per heavy atom. The van der Waals surface area contributed by atoms with Crippen LogP contribution in [0.4, 0.5) is 0 Å². The van der Waals surface area contributed by atoms with Crippen LogP contribution in [0.1, 0.15) is 24.8 Å². The number of carbonyl (C=O) groups excluding carboxylic acids is 1. The molecule has 20 heavy (non-hydrogen) atoms. The third kappa shape index (κ3) is 4.74. The first kappa shape index (κ1) is 16.3. The molecule has 0 bridgehead atoms. The third-order valence-corrected chi connectivity index (χ3v) is 3.14. The van der Waals surface area contributed by atoms with Crippen molar-refractivity contribution in [3.05, 3.63) is 23.8 Å². The van der Waals surface area contributed by atoms with Crippen LogP contribution < -0.4 is 15.2 Å². The molecule has 0 unspecified atom stereocenters. The lowest BCUT2D eigenvalue weighted by molar-refractivity contribution is -0.130. The lowest BCUT2D eigenvalue weighted by atomic mass is 10.1. The smallest absolute Gasteiger partial charge is 0.222 e. The van der Waals surface area contributed by atoms with Crippen LogP contribution in [-0.2, 0) is 11.3 Å². The minimum absolute atomic E-state index is 0.133. The van der Waals surface area contributed by atoms with E-state index in [0.29, 0.717) is 31.0 Å². The van der Waals surface area contributed by atoms with Crippen molar-refractivity contribution < 1.29 is 14.3 Å². The topological polar surface area (TPSA) is 64.8 Å². The Balaban J connectivity index is 2.61. The highest BCUT2D eigenvalue weighted by molar-refractivity contribution is 5.75. The van der Waals surface area contributed by atoms with Gasteiger partial charge in [0.15, 0.2) is 11.5 Å². The van der Waals surface area contributed by atoms with Crippen molar-refractivity contribution >= 4 is 5.91 Å². The van der Waals surface area contributed by atoms with Crippen LogP contribution in [0.5, 0.6) is 11.5 Å². The molecule has 5 nitrogen and oxygen atoms in total. The number of nitrogens with zero attached hydrogens (tertiary/aromatic N) is 1. The van der Waals surface area contributed by atoms with Crippen LogP contribution in [0.25, 0.3) is 0 Å². The Morgan fingerprint density at radius 3 is 2.50 bits per heavy atom. The molecule has 0 aliphatic rings. The number of nitrogens with two attached hydrogens (primary N) is 1. The fourth-order valence-corrected chi connectivity index (χ4v) is 1.95. The van der Waals surface area contributed by atoms with Crippen molar-refractivity contribution in [1.29, 1.82) is 0 Å². The quantitative estimate of drug-likeness (QED) is 0.737. The number of rotatable bonds is 8. The molecule has 1 amide bonds. The molecule has 2 N–H and O–H groups in total. The molecule has 1 aromatic carbocycles. The van der Waals surface area contributed by atoms with Gasteiger partial charge in [0.05, 0.1) is 14.2 Å². The van der Waals surface area contributed by atoms with Crippen molar-refractivity contribution in [3.8, 4) is 11.5 Å². The largest absolute Gasteiger partial charge is 0.493 e. The molecule has 0 aliphatic heterocycles. The molecule has 0 saturated heterocycles. The summed E-state index contributed by atoms with van der Waals surface area (Å²) in [6, 6.07) is 5.68. The number of carbonyl (C=O) groups is 1. The van der Waals surface area contributed by atoms with Gasteiger partial charge in [0.2, 0.25) is 5.91 Å². The van der Waals surface area contributed by atoms with Crippen LogP contribution >= 0.6 is 0 Å². The number of unbranched alkanes of at least 4 members (excludes halogenated alkanes) is 1. The molecule has 0 spiro atoms. The van der Waals surface area contributed by atoms with E-state index in [1.807, 2.05) is 25.2 Å². The van der Waals surface area contributed by atoms with Gasteiger partial charge < -0.3 is 20.1 Å². The minimum Gasteiger partial charge on any atom is -0.493 e. The molecule has 0 radical (unpaired) electrons. The van der Waals surface area contributed by atoms with E-state index in [2.05, 4.69) is 0 Å². The maximum absolute atomic E-state index is 11.9. The highest BCUT2D eigenvalue weighted by Crippen LogP contribution is 2.27. The summed E-state index contributed by atoms with van der Waals surface area (Å²) in [5.41, 5.74) is 6.43. The van der Waals surface area contributed by atoms with Gasteiger partial charge in [-0.2, -0.15) is 0 Å². The minimum atomic E-state index is 0.133. The number of methoxy groups -OCH3 is 2. The monoisotopic (exact) mass is 280 g/mol. The average molecular weight is 280 g/mol. The van der Waals surface area contributed by atoms with Gasteiger partial charge in [-0.15, -0.1) is 0 Å². The van der Waals surface area contributed by atoms with Gasteiger partial charge in [-0.1, -0.05) is 6.07 Å². The van der Waals surface area contributed by atoms with Crippen LogP contribution in [0.2, 0.25) is 0 Å². The zero-order chi connectivity index (χ0) is 15.0. The molecular weight excluding hydrogens is 256 g/mol. The Bertz CT molecular complexity index is 435. The Kier molecular flexibility index (Phi) is 6.87. The van der Waals surface area contributed by atoms with Crippen molar-refractivity contribution in [3.63, 3.8) is 0 Å². The van der Waals surface area contributed by atoms with Gasteiger partial charge in [0, 0.05) is 20.0 Å².